The fraction of sp³-hybridized carbons (Fsp3) is 0.136. The summed E-state index contributed by atoms with van der Waals surface area (Å²) in [7, 11) is 0. The normalized spacial score (nSPS) is 14.8. The van der Waals surface area contributed by atoms with Crippen molar-refractivity contribution in [1.29, 1.82) is 0 Å². The number of halogens is 2. The number of thiophene rings is 1. The molecule has 0 fully saturated rings. The Morgan fingerprint density at radius 3 is 2.73 bits per heavy atom. The average Bonchev–Trinajstić information content (AvgIpc) is 3.55. The molecule has 7 nitrogen and oxygen atoms in total. The Morgan fingerprint density at radius 2 is 2.06 bits per heavy atom. The van der Waals surface area contributed by atoms with Crippen LogP contribution in [0.25, 0.3) is 6.08 Å². The molecule has 170 valence electrons. The number of alkyl halides is 2. The third-order valence-corrected chi connectivity index (χ3v) is 6.16. The number of aliphatic imine (C=N–C) groups is 1. The lowest BCUT2D eigenvalue weighted by atomic mass is 10.2. The maximum absolute atomic E-state index is 13.1. The molecule has 0 saturated carbocycles. The Bertz CT molecular complexity index is 1160. The molecule has 3 heterocycles. The van der Waals surface area contributed by atoms with Crippen LogP contribution in [0.5, 0.6) is 5.75 Å². The third kappa shape index (κ3) is 5.88. The van der Waals surface area contributed by atoms with Crippen LogP contribution in [0.15, 0.2) is 75.3 Å². The van der Waals surface area contributed by atoms with Gasteiger partial charge < -0.3 is 14.5 Å². The number of ether oxygens (including phenoxy) is 1. The molecule has 0 unspecified atom stereocenters. The monoisotopic (exact) mass is 489 g/mol. The van der Waals surface area contributed by atoms with E-state index in [2.05, 4.69) is 15.0 Å². The first-order valence-electron chi connectivity index (χ1n) is 9.65. The minimum Gasteiger partial charge on any atom is -0.465 e. The zero-order chi connectivity index (χ0) is 23.2. The van der Waals surface area contributed by atoms with Crippen LogP contribution in [0, 0.1) is 0 Å². The maximum Gasteiger partial charge on any atom is 0.387 e. The fourth-order valence-corrected chi connectivity index (χ4v) is 4.37. The average molecular weight is 490 g/mol. The summed E-state index contributed by atoms with van der Waals surface area (Å²) < 4.78 is 34.5. The highest BCUT2D eigenvalue weighted by atomic mass is 32.2. The molecule has 2 aromatic heterocycles. The highest BCUT2D eigenvalue weighted by Crippen LogP contribution is 2.31. The van der Waals surface area contributed by atoms with Crippen LogP contribution >= 0.6 is 23.1 Å². The summed E-state index contributed by atoms with van der Waals surface area (Å²) in [6, 6.07) is 12.8. The Labute approximate surface area is 195 Å². The van der Waals surface area contributed by atoms with Gasteiger partial charge in [0.25, 0.3) is 5.91 Å². The molecule has 33 heavy (non-hydrogen) atoms. The van der Waals surface area contributed by atoms with E-state index in [1.54, 1.807) is 23.5 Å². The number of amides is 2. The standard InChI is InChI=1S/C22H17F2N3O4S2/c23-21(24)31-15-7-5-14(6-8-15)27-20(29)18(11-16-3-1-9-30-16)26-22(27)33-13-19(28)25-12-17-4-2-10-32-17/h1-11,21H,12-13H2,(H,25,28). The van der Waals surface area contributed by atoms with Crippen molar-refractivity contribution in [3.63, 3.8) is 0 Å². The second-order valence-electron chi connectivity index (χ2n) is 6.60. The van der Waals surface area contributed by atoms with Crippen molar-refractivity contribution in [2.45, 2.75) is 13.2 Å². The van der Waals surface area contributed by atoms with Crippen LogP contribution in [0.2, 0.25) is 0 Å². The van der Waals surface area contributed by atoms with Crippen LogP contribution < -0.4 is 15.0 Å². The first-order chi connectivity index (χ1) is 16.0. The number of carbonyl (C=O) groups excluding carboxylic acids is 2. The predicted octanol–water partition coefficient (Wildman–Crippen LogP) is 4.74. The quantitative estimate of drug-likeness (QED) is 0.463. The number of carbonyl (C=O) groups is 2. The summed E-state index contributed by atoms with van der Waals surface area (Å²) in [5.41, 5.74) is 0.522. The van der Waals surface area contributed by atoms with E-state index in [1.807, 2.05) is 17.5 Å². The van der Waals surface area contributed by atoms with Gasteiger partial charge in [-0.1, -0.05) is 17.8 Å². The Balaban J connectivity index is 1.51. The van der Waals surface area contributed by atoms with E-state index in [-0.39, 0.29) is 28.3 Å². The summed E-state index contributed by atoms with van der Waals surface area (Å²) in [5, 5.41) is 5.04. The minimum absolute atomic E-state index is 0.0363. The molecule has 4 rings (SSSR count). The number of hydrogen-bond donors (Lipinski definition) is 1. The van der Waals surface area contributed by atoms with E-state index in [0.29, 0.717) is 18.0 Å². The SMILES string of the molecule is O=C(CSC1=NC(=Cc2ccco2)C(=O)N1c1ccc(OC(F)F)cc1)NCc1cccs1. The third-order valence-electron chi connectivity index (χ3n) is 4.34. The molecular weight excluding hydrogens is 472 g/mol. The lowest BCUT2D eigenvalue weighted by molar-refractivity contribution is -0.118. The molecule has 0 aliphatic carbocycles. The predicted molar refractivity (Wildman–Crippen MR) is 123 cm³/mol. The van der Waals surface area contributed by atoms with Crippen molar-refractivity contribution >= 4 is 51.8 Å². The largest absolute Gasteiger partial charge is 0.465 e. The van der Waals surface area contributed by atoms with Crippen molar-refractivity contribution in [1.82, 2.24) is 5.32 Å². The Hall–Kier alpha value is -3.44. The second kappa shape index (κ2) is 10.5. The molecule has 3 aromatic rings. The van der Waals surface area contributed by atoms with Gasteiger partial charge in [0.15, 0.2) is 5.17 Å². The van der Waals surface area contributed by atoms with Crippen molar-refractivity contribution in [3.05, 3.63) is 76.5 Å². The van der Waals surface area contributed by atoms with Crippen LogP contribution in [-0.2, 0) is 16.1 Å². The first kappa shape index (κ1) is 22.7. The van der Waals surface area contributed by atoms with Gasteiger partial charge in [-0.3, -0.25) is 14.5 Å². The van der Waals surface area contributed by atoms with Crippen molar-refractivity contribution in [2.24, 2.45) is 4.99 Å². The summed E-state index contributed by atoms with van der Waals surface area (Å²) in [6.45, 7) is -2.53. The van der Waals surface area contributed by atoms with Gasteiger partial charge in [0.05, 0.1) is 24.2 Å². The Morgan fingerprint density at radius 1 is 1.24 bits per heavy atom. The fourth-order valence-electron chi connectivity index (χ4n) is 2.89. The summed E-state index contributed by atoms with van der Waals surface area (Å²) in [6.07, 6.45) is 2.97. The smallest absolute Gasteiger partial charge is 0.387 e. The van der Waals surface area contributed by atoms with E-state index in [4.69, 9.17) is 4.42 Å². The van der Waals surface area contributed by atoms with Gasteiger partial charge in [0.2, 0.25) is 5.91 Å². The van der Waals surface area contributed by atoms with Gasteiger partial charge in [0, 0.05) is 11.0 Å². The number of benzene rings is 1. The molecule has 1 aromatic carbocycles. The molecule has 1 aliphatic rings. The number of thioether (sulfide) groups is 1. The first-order valence-corrected chi connectivity index (χ1v) is 11.5. The second-order valence-corrected chi connectivity index (χ2v) is 8.57. The number of nitrogens with zero attached hydrogens (tertiary/aromatic N) is 2. The van der Waals surface area contributed by atoms with Gasteiger partial charge in [0.1, 0.15) is 17.2 Å². The van der Waals surface area contributed by atoms with Gasteiger partial charge in [-0.05, 0) is 47.8 Å². The van der Waals surface area contributed by atoms with E-state index in [9.17, 15) is 18.4 Å². The number of nitrogens with one attached hydrogen (secondary N) is 1. The molecular formula is C22H17F2N3O4S2. The van der Waals surface area contributed by atoms with Crippen molar-refractivity contribution in [3.8, 4) is 5.75 Å². The lowest BCUT2D eigenvalue weighted by Crippen LogP contribution is -2.32. The molecule has 11 heteroatoms. The van der Waals surface area contributed by atoms with Gasteiger partial charge in [-0.15, -0.1) is 11.3 Å². The number of amidine groups is 1. The maximum atomic E-state index is 13.1. The van der Waals surface area contributed by atoms with Crippen molar-refractivity contribution in [2.75, 3.05) is 10.7 Å². The number of furan rings is 1. The summed E-state index contributed by atoms with van der Waals surface area (Å²) in [5.74, 6) is -0.203. The molecule has 2 amide bonds. The topological polar surface area (TPSA) is 84.1 Å². The van der Waals surface area contributed by atoms with E-state index in [0.717, 1.165) is 16.6 Å². The zero-order valence-electron chi connectivity index (χ0n) is 16.9. The molecule has 1 N–H and O–H groups in total. The highest BCUT2D eigenvalue weighted by Gasteiger charge is 2.32. The highest BCUT2D eigenvalue weighted by molar-refractivity contribution is 8.14. The van der Waals surface area contributed by atoms with Crippen LogP contribution in [0.4, 0.5) is 14.5 Å². The molecule has 1 aliphatic heterocycles. The zero-order valence-corrected chi connectivity index (χ0v) is 18.6. The van der Waals surface area contributed by atoms with E-state index in [1.165, 1.54) is 41.5 Å². The number of anilines is 1. The molecule has 0 radical (unpaired) electrons. The summed E-state index contributed by atoms with van der Waals surface area (Å²) in [4.78, 5) is 32.1. The van der Waals surface area contributed by atoms with Gasteiger partial charge >= 0.3 is 6.61 Å². The lowest BCUT2D eigenvalue weighted by Gasteiger charge is -2.18. The van der Waals surface area contributed by atoms with Crippen LogP contribution in [-0.4, -0.2) is 29.3 Å². The minimum atomic E-state index is -2.95. The molecule has 0 spiro atoms. The number of rotatable bonds is 8. The van der Waals surface area contributed by atoms with Crippen LogP contribution in [0.1, 0.15) is 10.6 Å². The summed E-state index contributed by atoms with van der Waals surface area (Å²) >= 11 is 2.63. The van der Waals surface area contributed by atoms with Gasteiger partial charge in [-0.2, -0.15) is 8.78 Å². The Kier molecular flexibility index (Phi) is 7.20. The molecule has 0 bridgehead atoms. The molecule has 0 saturated heterocycles. The van der Waals surface area contributed by atoms with Crippen LogP contribution in [0.3, 0.4) is 0 Å². The van der Waals surface area contributed by atoms with Gasteiger partial charge in [-0.25, -0.2) is 4.99 Å². The van der Waals surface area contributed by atoms with E-state index >= 15 is 0 Å². The number of hydrogen-bond acceptors (Lipinski definition) is 7. The molecule has 0 atom stereocenters. The van der Waals surface area contributed by atoms with Crippen molar-refractivity contribution < 1.29 is 27.5 Å². The van der Waals surface area contributed by atoms with E-state index < -0.39 is 12.5 Å².